The molecule has 1 unspecified atom stereocenters. The van der Waals surface area contributed by atoms with Gasteiger partial charge in [-0.3, -0.25) is 14.9 Å². The number of carbonyl (C=O) groups is 1. The quantitative estimate of drug-likeness (QED) is 0.489. The maximum absolute atomic E-state index is 13.7. The summed E-state index contributed by atoms with van der Waals surface area (Å²) in [6, 6.07) is 4.50. The number of para-hydroxylation sites is 1. The maximum atomic E-state index is 13.7. The van der Waals surface area contributed by atoms with E-state index in [1.54, 1.807) is 0 Å². The number of nitrogens with zero attached hydrogens (tertiary/aromatic N) is 1. The molecule has 0 aromatic heterocycles. The lowest BCUT2D eigenvalue weighted by atomic mass is 9.97. The first-order valence-electron chi connectivity index (χ1n) is 5.25. The van der Waals surface area contributed by atoms with E-state index < -0.39 is 40.4 Å². The Labute approximate surface area is 107 Å². The summed E-state index contributed by atoms with van der Waals surface area (Å²) in [5.74, 6) is -5.66. The molecule has 5 nitrogen and oxygen atoms in total. The average molecular weight is 271 g/mol. The fraction of sp³-hybridized carbons (Fsp3) is 0.250. The SMILES string of the molecule is C=CCC(=O)C(F)(F)C(O)c1ccccc1[N+](=O)[O-]. The fourth-order valence-electron chi connectivity index (χ4n) is 1.50. The number of rotatable bonds is 6. The Morgan fingerprint density at radius 3 is 2.63 bits per heavy atom. The van der Waals surface area contributed by atoms with Gasteiger partial charge in [0.15, 0.2) is 6.10 Å². The summed E-state index contributed by atoms with van der Waals surface area (Å²) in [7, 11) is 0. The summed E-state index contributed by atoms with van der Waals surface area (Å²) in [5, 5.41) is 20.3. The van der Waals surface area contributed by atoms with Crippen molar-refractivity contribution in [1.82, 2.24) is 0 Å². The molecule has 1 N–H and O–H groups in total. The third-order valence-electron chi connectivity index (χ3n) is 2.47. The normalized spacial score (nSPS) is 12.8. The number of alkyl halides is 2. The number of allylic oxidation sites excluding steroid dienone is 1. The van der Waals surface area contributed by atoms with Crippen LogP contribution in [0.4, 0.5) is 14.5 Å². The summed E-state index contributed by atoms with van der Waals surface area (Å²) >= 11 is 0. The van der Waals surface area contributed by atoms with Crippen LogP contribution in [-0.2, 0) is 4.79 Å². The van der Waals surface area contributed by atoms with Crippen molar-refractivity contribution in [2.24, 2.45) is 0 Å². The lowest BCUT2D eigenvalue weighted by molar-refractivity contribution is -0.386. The molecule has 1 aromatic carbocycles. The minimum Gasteiger partial charge on any atom is -0.381 e. The summed E-state index contributed by atoms with van der Waals surface area (Å²) in [4.78, 5) is 21.0. The van der Waals surface area contributed by atoms with Crippen molar-refractivity contribution in [3.63, 3.8) is 0 Å². The Balaban J connectivity index is 3.19. The number of carbonyl (C=O) groups excluding carboxylic acids is 1. The van der Waals surface area contributed by atoms with Crippen LogP contribution >= 0.6 is 0 Å². The molecular formula is C12H11F2NO4. The van der Waals surface area contributed by atoms with Crippen LogP contribution < -0.4 is 0 Å². The standard InChI is InChI=1S/C12H11F2NO4/c1-2-5-10(16)12(13,14)11(17)8-6-3-4-7-9(8)15(18)19/h2-4,6-7,11,17H,1,5H2. The van der Waals surface area contributed by atoms with Crippen LogP contribution in [0, 0.1) is 10.1 Å². The first-order valence-corrected chi connectivity index (χ1v) is 5.25. The van der Waals surface area contributed by atoms with Gasteiger partial charge >= 0.3 is 5.92 Å². The number of aliphatic hydroxyl groups is 1. The van der Waals surface area contributed by atoms with Gasteiger partial charge < -0.3 is 5.11 Å². The minimum absolute atomic E-state index is 0.602. The summed E-state index contributed by atoms with van der Waals surface area (Å²) in [5.41, 5.74) is -1.27. The number of hydrogen-bond acceptors (Lipinski definition) is 4. The highest BCUT2D eigenvalue weighted by molar-refractivity contribution is 5.87. The second kappa shape index (κ2) is 5.66. The van der Waals surface area contributed by atoms with Crippen LogP contribution in [-0.4, -0.2) is 21.7 Å². The van der Waals surface area contributed by atoms with Gasteiger partial charge in [0.05, 0.1) is 10.5 Å². The Kier molecular flexibility index (Phi) is 4.44. The number of halogens is 2. The van der Waals surface area contributed by atoms with Gasteiger partial charge in [0.1, 0.15) is 0 Å². The van der Waals surface area contributed by atoms with Gasteiger partial charge in [-0.15, -0.1) is 6.58 Å². The number of nitro benzene ring substituents is 1. The van der Waals surface area contributed by atoms with Crippen molar-refractivity contribution in [2.75, 3.05) is 0 Å². The van der Waals surface area contributed by atoms with Gasteiger partial charge in [-0.05, 0) is 6.07 Å². The van der Waals surface area contributed by atoms with Crippen LogP contribution in [0.2, 0.25) is 0 Å². The monoisotopic (exact) mass is 271 g/mol. The van der Waals surface area contributed by atoms with Crippen LogP contribution in [0.3, 0.4) is 0 Å². The molecule has 102 valence electrons. The lowest BCUT2D eigenvalue weighted by Crippen LogP contribution is -2.35. The predicted molar refractivity (Wildman–Crippen MR) is 62.8 cm³/mol. The van der Waals surface area contributed by atoms with E-state index in [4.69, 9.17) is 0 Å². The molecule has 0 fully saturated rings. The number of Topliss-reactive ketones (excluding diaryl/α,β-unsaturated/α-hetero) is 1. The van der Waals surface area contributed by atoms with E-state index in [9.17, 15) is 28.8 Å². The van der Waals surface area contributed by atoms with Crippen molar-refractivity contribution < 1.29 is 23.6 Å². The number of aliphatic hydroxyl groups excluding tert-OH is 1. The molecular weight excluding hydrogens is 260 g/mol. The van der Waals surface area contributed by atoms with Gasteiger partial charge in [-0.2, -0.15) is 8.78 Å². The predicted octanol–water partition coefficient (Wildman–Crippen LogP) is 2.41. The third-order valence-corrected chi connectivity index (χ3v) is 2.47. The zero-order valence-electron chi connectivity index (χ0n) is 9.75. The molecule has 0 spiro atoms. The zero-order chi connectivity index (χ0) is 14.6. The van der Waals surface area contributed by atoms with Crippen molar-refractivity contribution in [2.45, 2.75) is 18.4 Å². The van der Waals surface area contributed by atoms with Gasteiger partial charge in [0.25, 0.3) is 5.69 Å². The highest BCUT2D eigenvalue weighted by Gasteiger charge is 2.48. The Morgan fingerprint density at radius 1 is 1.53 bits per heavy atom. The molecule has 19 heavy (non-hydrogen) atoms. The largest absolute Gasteiger partial charge is 0.381 e. The molecule has 0 saturated heterocycles. The molecule has 0 amide bonds. The van der Waals surface area contributed by atoms with Gasteiger partial charge in [0.2, 0.25) is 5.78 Å². The third kappa shape index (κ3) is 3.00. The topological polar surface area (TPSA) is 80.4 Å². The molecule has 1 aromatic rings. The molecule has 0 aliphatic rings. The van der Waals surface area contributed by atoms with Crippen molar-refractivity contribution in [3.05, 3.63) is 52.6 Å². The number of benzene rings is 1. The van der Waals surface area contributed by atoms with Crippen molar-refractivity contribution in [3.8, 4) is 0 Å². The van der Waals surface area contributed by atoms with E-state index in [1.165, 1.54) is 12.1 Å². The Bertz CT molecular complexity index is 516. The van der Waals surface area contributed by atoms with Crippen LogP contribution in [0.1, 0.15) is 18.1 Å². The fourth-order valence-corrected chi connectivity index (χ4v) is 1.50. The molecule has 7 heteroatoms. The van der Waals surface area contributed by atoms with E-state index in [1.807, 2.05) is 0 Å². The summed E-state index contributed by atoms with van der Waals surface area (Å²) < 4.78 is 27.3. The van der Waals surface area contributed by atoms with E-state index >= 15 is 0 Å². The molecule has 0 radical (unpaired) electrons. The number of hydrogen-bond donors (Lipinski definition) is 1. The molecule has 0 aliphatic carbocycles. The molecule has 0 saturated carbocycles. The first-order chi connectivity index (χ1) is 8.82. The lowest BCUT2D eigenvalue weighted by Gasteiger charge is -2.20. The highest BCUT2D eigenvalue weighted by atomic mass is 19.3. The van der Waals surface area contributed by atoms with E-state index in [2.05, 4.69) is 6.58 Å². The highest BCUT2D eigenvalue weighted by Crippen LogP contribution is 2.37. The number of ketones is 1. The minimum atomic E-state index is -4.11. The average Bonchev–Trinajstić information content (AvgIpc) is 2.38. The van der Waals surface area contributed by atoms with Crippen molar-refractivity contribution >= 4 is 11.5 Å². The zero-order valence-corrected chi connectivity index (χ0v) is 9.75. The molecule has 1 atom stereocenters. The Hall–Kier alpha value is -2.15. The molecule has 0 bridgehead atoms. The van der Waals surface area contributed by atoms with E-state index in [-0.39, 0.29) is 0 Å². The van der Waals surface area contributed by atoms with Crippen LogP contribution in [0.25, 0.3) is 0 Å². The smallest absolute Gasteiger partial charge is 0.335 e. The van der Waals surface area contributed by atoms with Crippen LogP contribution in [0.15, 0.2) is 36.9 Å². The summed E-state index contributed by atoms with van der Waals surface area (Å²) in [6.45, 7) is 3.15. The molecule has 0 aliphatic heterocycles. The van der Waals surface area contributed by atoms with E-state index in [0.717, 1.165) is 18.2 Å². The van der Waals surface area contributed by atoms with Crippen LogP contribution in [0.5, 0.6) is 0 Å². The second-order valence-corrected chi connectivity index (χ2v) is 3.76. The van der Waals surface area contributed by atoms with Gasteiger partial charge in [0, 0.05) is 12.5 Å². The van der Waals surface area contributed by atoms with E-state index in [0.29, 0.717) is 0 Å². The number of nitro groups is 1. The second-order valence-electron chi connectivity index (χ2n) is 3.76. The Morgan fingerprint density at radius 2 is 2.11 bits per heavy atom. The maximum Gasteiger partial charge on any atom is 0.335 e. The van der Waals surface area contributed by atoms with Gasteiger partial charge in [-0.1, -0.05) is 18.2 Å². The summed E-state index contributed by atoms with van der Waals surface area (Å²) in [6.07, 6.45) is -2.23. The first kappa shape index (κ1) is 14.9. The van der Waals surface area contributed by atoms with Gasteiger partial charge in [-0.25, -0.2) is 0 Å². The molecule has 1 rings (SSSR count). The van der Waals surface area contributed by atoms with Crippen molar-refractivity contribution in [1.29, 1.82) is 0 Å². The molecule has 0 heterocycles.